The van der Waals surface area contributed by atoms with Crippen molar-refractivity contribution in [2.24, 2.45) is 0 Å². The fourth-order valence-corrected chi connectivity index (χ4v) is 3.66. The topological polar surface area (TPSA) is 44.8 Å². The van der Waals surface area contributed by atoms with Crippen LogP contribution in [-0.2, 0) is 20.7 Å². The van der Waals surface area contributed by atoms with E-state index in [9.17, 15) is 4.79 Å². The summed E-state index contributed by atoms with van der Waals surface area (Å²) in [6, 6.07) is 16.2. The van der Waals surface area contributed by atoms with Gasteiger partial charge in [-0.25, -0.2) is 0 Å². The van der Waals surface area contributed by atoms with E-state index in [1.165, 1.54) is 18.2 Å². The molecule has 0 amide bonds. The summed E-state index contributed by atoms with van der Waals surface area (Å²) in [5.41, 5.74) is 3.58. The van der Waals surface area contributed by atoms with Gasteiger partial charge in [-0.1, -0.05) is 42.5 Å². The number of ether oxygens (including phenoxy) is 3. The highest BCUT2D eigenvalue weighted by molar-refractivity contribution is 5.71. The zero-order valence-corrected chi connectivity index (χ0v) is 13.6. The summed E-state index contributed by atoms with van der Waals surface area (Å²) >= 11 is 0. The van der Waals surface area contributed by atoms with Crippen LogP contribution < -0.4 is 4.74 Å². The van der Waals surface area contributed by atoms with Crippen LogP contribution in [0.1, 0.15) is 41.6 Å². The third-order valence-electron chi connectivity index (χ3n) is 4.88. The first-order valence-electron chi connectivity index (χ1n) is 8.32. The van der Waals surface area contributed by atoms with Gasteiger partial charge in [0.15, 0.2) is 0 Å². The Labute approximate surface area is 141 Å². The molecule has 0 fully saturated rings. The van der Waals surface area contributed by atoms with Crippen LogP contribution in [-0.4, -0.2) is 19.4 Å². The highest BCUT2D eigenvalue weighted by Crippen LogP contribution is 2.44. The van der Waals surface area contributed by atoms with Crippen LogP contribution >= 0.6 is 0 Å². The van der Waals surface area contributed by atoms with E-state index in [1.807, 2.05) is 30.3 Å². The Morgan fingerprint density at radius 2 is 1.88 bits per heavy atom. The van der Waals surface area contributed by atoms with Crippen molar-refractivity contribution >= 4 is 5.97 Å². The summed E-state index contributed by atoms with van der Waals surface area (Å²) in [7, 11) is 1.41. The molecule has 2 aliphatic rings. The van der Waals surface area contributed by atoms with Gasteiger partial charge in [0.2, 0.25) is 6.29 Å². The first-order valence-corrected chi connectivity index (χ1v) is 8.32. The standard InChI is InChI=1S/C20H20O4/c1-22-19(21)12-16-15-8-4-5-9-17(15)23-20(16)24-18-11-10-13-6-2-3-7-14(13)18/h2-9,16,18,20H,10-12H2,1H3. The van der Waals surface area contributed by atoms with Crippen LogP contribution in [0.25, 0.3) is 0 Å². The minimum Gasteiger partial charge on any atom is -0.469 e. The molecule has 4 rings (SSSR count). The van der Waals surface area contributed by atoms with Crippen LogP contribution in [0, 0.1) is 0 Å². The maximum absolute atomic E-state index is 11.8. The first-order chi connectivity index (χ1) is 11.8. The van der Waals surface area contributed by atoms with Crippen LogP contribution in [0.2, 0.25) is 0 Å². The second-order valence-electron chi connectivity index (χ2n) is 6.27. The Morgan fingerprint density at radius 3 is 2.71 bits per heavy atom. The van der Waals surface area contributed by atoms with Gasteiger partial charge >= 0.3 is 5.97 Å². The van der Waals surface area contributed by atoms with Crippen molar-refractivity contribution in [2.45, 2.75) is 37.6 Å². The molecule has 0 bridgehead atoms. The van der Waals surface area contributed by atoms with Crippen molar-refractivity contribution in [2.75, 3.05) is 7.11 Å². The van der Waals surface area contributed by atoms with Crippen LogP contribution in [0.15, 0.2) is 48.5 Å². The number of aryl methyl sites for hydroxylation is 1. The molecular formula is C20H20O4. The second-order valence-corrected chi connectivity index (χ2v) is 6.27. The van der Waals surface area contributed by atoms with Gasteiger partial charge < -0.3 is 14.2 Å². The predicted octanol–water partition coefficient (Wildman–Crippen LogP) is 3.76. The monoisotopic (exact) mass is 324 g/mol. The molecular weight excluding hydrogens is 304 g/mol. The summed E-state index contributed by atoms with van der Waals surface area (Å²) in [6.07, 6.45) is 1.77. The molecule has 1 heterocycles. The second kappa shape index (κ2) is 6.29. The van der Waals surface area contributed by atoms with E-state index < -0.39 is 6.29 Å². The van der Waals surface area contributed by atoms with Crippen LogP contribution in [0.4, 0.5) is 0 Å². The van der Waals surface area contributed by atoms with Gasteiger partial charge in [-0.3, -0.25) is 4.79 Å². The summed E-state index contributed by atoms with van der Waals surface area (Å²) in [5, 5.41) is 0. The van der Waals surface area contributed by atoms with E-state index >= 15 is 0 Å². The number of hydrogen-bond donors (Lipinski definition) is 0. The van der Waals surface area contributed by atoms with E-state index in [4.69, 9.17) is 14.2 Å². The van der Waals surface area contributed by atoms with Crippen LogP contribution in [0.3, 0.4) is 0 Å². The lowest BCUT2D eigenvalue weighted by Crippen LogP contribution is -2.26. The number of esters is 1. The molecule has 0 saturated carbocycles. The Kier molecular flexibility index (Phi) is 3.98. The fraction of sp³-hybridized carbons (Fsp3) is 0.350. The molecule has 24 heavy (non-hydrogen) atoms. The highest BCUT2D eigenvalue weighted by atomic mass is 16.7. The average Bonchev–Trinajstić information content (AvgIpc) is 3.17. The van der Waals surface area contributed by atoms with Gasteiger partial charge in [-0.2, -0.15) is 0 Å². The van der Waals surface area contributed by atoms with Crippen molar-refractivity contribution in [1.82, 2.24) is 0 Å². The summed E-state index contributed by atoms with van der Waals surface area (Å²) < 4.78 is 17.2. The summed E-state index contributed by atoms with van der Waals surface area (Å²) in [4.78, 5) is 11.8. The molecule has 0 spiro atoms. The molecule has 0 radical (unpaired) electrons. The number of carbonyl (C=O) groups is 1. The number of methoxy groups -OCH3 is 1. The van der Waals surface area contributed by atoms with Gasteiger partial charge in [0.05, 0.1) is 25.6 Å². The number of carbonyl (C=O) groups excluding carboxylic acids is 1. The molecule has 3 unspecified atom stereocenters. The van der Waals surface area contributed by atoms with Gasteiger partial charge in [-0.05, 0) is 30.0 Å². The molecule has 1 aliphatic carbocycles. The predicted molar refractivity (Wildman–Crippen MR) is 88.8 cm³/mol. The molecule has 2 aromatic rings. The highest BCUT2D eigenvalue weighted by Gasteiger charge is 2.39. The Bertz CT molecular complexity index is 755. The van der Waals surface area contributed by atoms with Crippen LogP contribution in [0.5, 0.6) is 5.75 Å². The molecule has 0 aromatic heterocycles. The number of benzene rings is 2. The van der Waals surface area contributed by atoms with Crippen molar-refractivity contribution in [3.8, 4) is 5.75 Å². The normalized spacial score (nSPS) is 24.1. The Balaban J connectivity index is 1.57. The number of para-hydroxylation sites is 1. The lowest BCUT2D eigenvalue weighted by Gasteiger charge is -2.23. The van der Waals surface area contributed by atoms with Crippen molar-refractivity contribution < 1.29 is 19.0 Å². The Morgan fingerprint density at radius 1 is 1.12 bits per heavy atom. The molecule has 0 N–H and O–H groups in total. The van der Waals surface area contributed by atoms with Crippen molar-refractivity contribution in [1.29, 1.82) is 0 Å². The average molecular weight is 324 g/mol. The van der Waals surface area contributed by atoms with E-state index in [1.54, 1.807) is 0 Å². The molecule has 1 aliphatic heterocycles. The lowest BCUT2D eigenvalue weighted by atomic mass is 9.96. The summed E-state index contributed by atoms with van der Waals surface area (Å²) in [6.45, 7) is 0. The number of fused-ring (bicyclic) bond motifs is 2. The van der Waals surface area contributed by atoms with E-state index in [0.29, 0.717) is 0 Å². The number of rotatable bonds is 4. The van der Waals surface area contributed by atoms with Crippen molar-refractivity contribution in [3.05, 3.63) is 65.2 Å². The largest absolute Gasteiger partial charge is 0.469 e. The molecule has 4 heteroatoms. The molecule has 124 valence electrons. The van der Waals surface area contributed by atoms with Gasteiger partial charge in [0, 0.05) is 5.56 Å². The maximum Gasteiger partial charge on any atom is 0.306 e. The third kappa shape index (κ3) is 2.67. The first kappa shape index (κ1) is 15.2. The third-order valence-corrected chi connectivity index (χ3v) is 4.88. The fourth-order valence-electron chi connectivity index (χ4n) is 3.66. The van der Waals surface area contributed by atoms with E-state index in [-0.39, 0.29) is 24.4 Å². The quantitative estimate of drug-likeness (QED) is 0.803. The van der Waals surface area contributed by atoms with E-state index in [2.05, 4.69) is 18.2 Å². The van der Waals surface area contributed by atoms with Gasteiger partial charge in [-0.15, -0.1) is 0 Å². The van der Waals surface area contributed by atoms with Gasteiger partial charge in [0.25, 0.3) is 0 Å². The van der Waals surface area contributed by atoms with E-state index in [0.717, 1.165) is 24.2 Å². The minimum absolute atomic E-state index is 0.0145. The zero-order valence-electron chi connectivity index (χ0n) is 13.6. The van der Waals surface area contributed by atoms with Crippen molar-refractivity contribution in [3.63, 3.8) is 0 Å². The molecule has 0 saturated heterocycles. The number of hydrogen-bond acceptors (Lipinski definition) is 4. The zero-order chi connectivity index (χ0) is 16.5. The maximum atomic E-state index is 11.8. The Hall–Kier alpha value is -2.33. The lowest BCUT2D eigenvalue weighted by molar-refractivity contribution is -0.148. The smallest absolute Gasteiger partial charge is 0.306 e. The van der Waals surface area contributed by atoms with Gasteiger partial charge in [0.1, 0.15) is 5.75 Å². The minimum atomic E-state index is -0.461. The molecule has 2 aromatic carbocycles. The molecule has 4 nitrogen and oxygen atoms in total. The summed E-state index contributed by atoms with van der Waals surface area (Å²) in [5.74, 6) is 0.407. The SMILES string of the molecule is COC(=O)CC1c2ccccc2OC1OC1CCc2ccccc21. The molecule has 3 atom stereocenters.